The first kappa shape index (κ1) is 25.3. The zero-order valence-corrected chi connectivity index (χ0v) is 21.7. The van der Waals surface area contributed by atoms with Gasteiger partial charge in [0.25, 0.3) is 0 Å². The number of carboxylic acids is 1. The largest absolute Gasteiger partial charge is 0.481 e. The van der Waals surface area contributed by atoms with Crippen LogP contribution in [0.15, 0.2) is 42.5 Å². The number of fused-ring (bicyclic) bond motifs is 3. The Kier molecular flexibility index (Phi) is 7.20. The number of ether oxygens (including phenoxy) is 2. The average Bonchev–Trinajstić information content (AvgIpc) is 3.30. The summed E-state index contributed by atoms with van der Waals surface area (Å²) in [5.41, 5.74) is 4.45. The van der Waals surface area contributed by atoms with E-state index in [1.807, 2.05) is 49.4 Å². The highest BCUT2D eigenvalue weighted by Crippen LogP contribution is 2.40. The normalized spacial score (nSPS) is 22.5. The number of carbonyl (C=O) groups excluding carboxylic acids is 1. The first-order valence-electron chi connectivity index (χ1n) is 13.1. The van der Waals surface area contributed by atoms with Gasteiger partial charge < -0.3 is 19.1 Å². The first-order chi connectivity index (χ1) is 17.9. The molecule has 1 aliphatic heterocycles. The van der Waals surface area contributed by atoms with E-state index in [1.165, 1.54) is 7.11 Å². The van der Waals surface area contributed by atoms with Gasteiger partial charge in [-0.25, -0.2) is 9.78 Å². The quantitative estimate of drug-likeness (QED) is 0.476. The highest BCUT2D eigenvalue weighted by atomic mass is 16.5. The number of hydrogen-bond acceptors (Lipinski definition) is 5. The van der Waals surface area contributed by atoms with Crippen molar-refractivity contribution in [3.05, 3.63) is 59.4 Å². The van der Waals surface area contributed by atoms with Crippen LogP contribution in [0, 0.1) is 0 Å². The van der Waals surface area contributed by atoms with E-state index in [1.54, 1.807) is 12.0 Å². The third-order valence-corrected chi connectivity index (χ3v) is 8.08. The topological polar surface area (TPSA) is 93.9 Å². The number of benzene rings is 2. The molecule has 2 aliphatic rings. The number of aromatic nitrogens is 2. The molecule has 4 atom stereocenters. The van der Waals surface area contributed by atoms with E-state index < -0.39 is 11.9 Å². The van der Waals surface area contributed by atoms with Crippen molar-refractivity contribution in [2.45, 2.75) is 76.0 Å². The van der Waals surface area contributed by atoms with Crippen LogP contribution < -0.4 is 4.90 Å². The van der Waals surface area contributed by atoms with Gasteiger partial charge in [0, 0.05) is 31.2 Å². The van der Waals surface area contributed by atoms with Crippen molar-refractivity contribution in [3.63, 3.8) is 0 Å². The van der Waals surface area contributed by atoms with E-state index >= 15 is 0 Å². The van der Waals surface area contributed by atoms with Crippen molar-refractivity contribution in [3.8, 4) is 0 Å². The van der Waals surface area contributed by atoms with Gasteiger partial charge >= 0.3 is 12.1 Å². The van der Waals surface area contributed by atoms with E-state index in [4.69, 9.17) is 14.5 Å². The summed E-state index contributed by atoms with van der Waals surface area (Å²) >= 11 is 0. The predicted molar refractivity (Wildman–Crippen MR) is 141 cm³/mol. The Morgan fingerprint density at radius 3 is 2.59 bits per heavy atom. The van der Waals surface area contributed by atoms with Gasteiger partial charge in [0.1, 0.15) is 5.82 Å². The van der Waals surface area contributed by atoms with Crippen LogP contribution in [0.25, 0.3) is 11.0 Å². The van der Waals surface area contributed by atoms with Gasteiger partial charge in [-0.1, -0.05) is 30.3 Å². The maximum Gasteiger partial charge on any atom is 0.414 e. The van der Waals surface area contributed by atoms with Crippen LogP contribution in [-0.4, -0.2) is 53.1 Å². The number of hydrogen-bond donors (Lipinski definition) is 1. The van der Waals surface area contributed by atoms with Gasteiger partial charge in [-0.05, 0) is 63.1 Å². The minimum absolute atomic E-state index is 0.0224. The number of rotatable bonds is 6. The van der Waals surface area contributed by atoms with Crippen molar-refractivity contribution in [2.24, 2.45) is 0 Å². The van der Waals surface area contributed by atoms with Crippen molar-refractivity contribution in [1.82, 2.24) is 9.55 Å². The van der Waals surface area contributed by atoms with Crippen molar-refractivity contribution in [2.75, 3.05) is 19.1 Å². The van der Waals surface area contributed by atoms with Crippen molar-refractivity contribution < 1.29 is 24.2 Å². The summed E-state index contributed by atoms with van der Waals surface area (Å²) in [5.74, 6) is -0.804. The van der Waals surface area contributed by atoms with Gasteiger partial charge in [0.05, 0.1) is 35.9 Å². The summed E-state index contributed by atoms with van der Waals surface area (Å²) in [7, 11) is 3.16. The van der Waals surface area contributed by atoms with Gasteiger partial charge in [-0.15, -0.1) is 0 Å². The van der Waals surface area contributed by atoms with Gasteiger partial charge in [-0.2, -0.15) is 0 Å². The molecule has 8 heteroatoms. The molecular weight excluding hydrogens is 470 g/mol. The third-order valence-electron chi connectivity index (χ3n) is 8.08. The van der Waals surface area contributed by atoms with E-state index in [0.29, 0.717) is 0 Å². The SMILES string of the molecule is COC(=O)N1c2ccc3c(nc(C[C@H](C(=O)O)c4ccccc4)n3[C@@H]3CCC[C@@H](OC)C3)c2CC[C@@H]1C. The fourth-order valence-electron chi connectivity index (χ4n) is 6.16. The maximum absolute atomic E-state index is 12.6. The maximum atomic E-state index is 12.6. The molecule has 1 aliphatic carbocycles. The highest BCUT2D eigenvalue weighted by Gasteiger charge is 2.34. The summed E-state index contributed by atoms with van der Waals surface area (Å²) in [6, 6.07) is 13.6. The molecule has 0 radical (unpaired) electrons. The van der Waals surface area contributed by atoms with Crippen molar-refractivity contribution in [1.29, 1.82) is 0 Å². The van der Waals surface area contributed by atoms with E-state index in [0.717, 1.165) is 72.2 Å². The predicted octanol–water partition coefficient (Wildman–Crippen LogP) is 5.48. The molecule has 196 valence electrons. The van der Waals surface area contributed by atoms with E-state index in [9.17, 15) is 14.7 Å². The Labute approximate surface area is 217 Å². The summed E-state index contributed by atoms with van der Waals surface area (Å²) in [5, 5.41) is 10.2. The Balaban J connectivity index is 1.66. The molecule has 0 spiro atoms. The molecule has 1 fully saturated rings. The van der Waals surface area contributed by atoms with Crippen LogP contribution in [-0.2, 0) is 27.1 Å². The number of carboxylic acid groups (broad SMARTS) is 1. The van der Waals surface area contributed by atoms with Crippen molar-refractivity contribution >= 4 is 28.8 Å². The Hall–Kier alpha value is -3.39. The van der Waals surface area contributed by atoms with Crippen LogP contribution in [0.3, 0.4) is 0 Å². The van der Waals surface area contributed by atoms with Crippen LogP contribution in [0.5, 0.6) is 0 Å². The molecule has 1 amide bonds. The Morgan fingerprint density at radius 2 is 1.89 bits per heavy atom. The zero-order valence-electron chi connectivity index (χ0n) is 21.7. The number of carbonyl (C=O) groups is 2. The smallest absolute Gasteiger partial charge is 0.414 e. The molecular formula is C29H35N3O5. The number of methoxy groups -OCH3 is 2. The van der Waals surface area contributed by atoms with E-state index in [2.05, 4.69) is 4.57 Å². The lowest BCUT2D eigenvalue weighted by Crippen LogP contribution is -2.42. The summed E-state index contributed by atoms with van der Waals surface area (Å²) in [6.07, 6.45) is 5.60. The molecule has 0 saturated heterocycles. The molecule has 0 unspecified atom stereocenters. The number of anilines is 1. The lowest BCUT2D eigenvalue weighted by molar-refractivity contribution is -0.138. The monoisotopic (exact) mass is 505 g/mol. The minimum atomic E-state index is -0.865. The number of aryl methyl sites for hydroxylation is 1. The molecule has 1 N–H and O–H groups in total. The molecule has 3 aromatic rings. The van der Waals surface area contributed by atoms with Crippen LogP contribution >= 0.6 is 0 Å². The molecule has 5 rings (SSSR count). The number of aliphatic carboxylic acids is 1. The van der Waals surface area contributed by atoms with Gasteiger partial charge in [0.2, 0.25) is 0 Å². The second-order valence-electron chi connectivity index (χ2n) is 10.2. The minimum Gasteiger partial charge on any atom is -0.481 e. The molecule has 2 aromatic carbocycles. The number of nitrogens with zero attached hydrogens (tertiary/aromatic N) is 3. The summed E-state index contributed by atoms with van der Waals surface area (Å²) in [4.78, 5) is 31.9. The number of amides is 1. The Morgan fingerprint density at radius 1 is 1.11 bits per heavy atom. The third kappa shape index (κ3) is 4.70. The second-order valence-corrected chi connectivity index (χ2v) is 10.2. The summed E-state index contributed by atoms with van der Waals surface area (Å²) < 4.78 is 13.1. The summed E-state index contributed by atoms with van der Waals surface area (Å²) in [6.45, 7) is 2.03. The van der Waals surface area contributed by atoms with Gasteiger partial charge in [-0.3, -0.25) is 9.69 Å². The molecule has 37 heavy (non-hydrogen) atoms. The average molecular weight is 506 g/mol. The fraction of sp³-hybridized carbons (Fsp3) is 0.483. The lowest BCUT2D eigenvalue weighted by atomic mass is 9.91. The van der Waals surface area contributed by atoms with E-state index in [-0.39, 0.29) is 30.7 Å². The number of imidazole rings is 1. The highest BCUT2D eigenvalue weighted by molar-refractivity contribution is 5.95. The standard InChI is InChI=1S/C29H35N3O5/c1-18-12-13-22-24(31(18)29(35)37-3)14-15-25-27(22)30-26(32(25)20-10-7-11-21(16-20)36-2)17-23(28(33)34)19-8-5-4-6-9-19/h4-6,8-9,14-15,18,20-21,23H,7,10-13,16-17H2,1-3H3,(H,33,34)/t18-,20+,21+,23-/m0/s1. The van der Waals surface area contributed by atoms with Crippen LogP contribution in [0.2, 0.25) is 0 Å². The zero-order chi connectivity index (χ0) is 26.1. The molecule has 1 saturated carbocycles. The molecule has 2 heterocycles. The Bertz CT molecular complexity index is 1290. The molecule has 1 aromatic heterocycles. The fourth-order valence-corrected chi connectivity index (χ4v) is 6.16. The molecule has 8 nitrogen and oxygen atoms in total. The molecule has 0 bridgehead atoms. The first-order valence-corrected chi connectivity index (χ1v) is 13.1. The lowest BCUT2D eigenvalue weighted by Gasteiger charge is -2.34. The van der Waals surface area contributed by atoms with Crippen LogP contribution in [0.1, 0.15) is 67.9 Å². The van der Waals surface area contributed by atoms with Gasteiger partial charge in [0.15, 0.2) is 0 Å². The second kappa shape index (κ2) is 10.5. The van der Waals surface area contributed by atoms with Crippen LogP contribution in [0.4, 0.5) is 10.5 Å².